The molecular weight excluding hydrogens is 965 g/mol. The van der Waals surface area contributed by atoms with Crippen LogP contribution in [-0.2, 0) is 49.0 Å². The number of nitrogens with one attached hydrogen (secondary N) is 3. The molecule has 12 N–H and O–H groups in total. The predicted molar refractivity (Wildman–Crippen MR) is 270 cm³/mol. The van der Waals surface area contributed by atoms with E-state index >= 15 is 0 Å². The van der Waals surface area contributed by atoms with Crippen molar-refractivity contribution in [3.05, 3.63) is 136 Å². The van der Waals surface area contributed by atoms with Crippen LogP contribution in [0, 0.1) is 11.8 Å². The number of nitrogens with zero attached hydrogens (tertiary/aromatic N) is 8. The summed E-state index contributed by atoms with van der Waals surface area (Å²) in [6.07, 6.45) is 5.09. The zero-order valence-electron chi connectivity index (χ0n) is 41.4. The first-order valence-electron chi connectivity index (χ1n) is 23.3. The Bertz CT molecular complexity index is 3590. The first-order valence-corrected chi connectivity index (χ1v) is 23.3. The lowest BCUT2D eigenvalue weighted by Gasteiger charge is -2.53. The molecule has 11 rings (SSSR count). The van der Waals surface area contributed by atoms with E-state index in [-0.39, 0.29) is 28.0 Å². The summed E-state index contributed by atoms with van der Waals surface area (Å²) in [5.74, 6) is -7.10. The maximum Gasteiger partial charge on any atom is 0.332 e. The molecule has 1 amide bonds. The third-order valence-corrected chi connectivity index (χ3v) is 14.4. The monoisotopic (exact) mass is 1020 g/mol. The fraction of sp³-hybridized carbons (Fsp3) is 0.388. The fourth-order valence-electron chi connectivity index (χ4n) is 10.8. The van der Waals surface area contributed by atoms with Gasteiger partial charge in [0, 0.05) is 52.1 Å². The highest BCUT2D eigenvalue weighted by atomic mass is 16.4. The minimum Gasteiger partial charge on any atom is -0.508 e. The summed E-state index contributed by atoms with van der Waals surface area (Å²) in [5, 5.41) is 58.3. The Labute approximate surface area is 419 Å². The van der Waals surface area contributed by atoms with Crippen molar-refractivity contribution in [2.45, 2.75) is 55.8 Å². The van der Waals surface area contributed by atoms with Crippen LogP contribution in [0.5, 0.6) is 5.75 Å². The molecule has 0 spiro atoms. The molecule has 25 heteroatoms. The number of aliphatic hydroxyl groups is 4. The van der Waals surface area contributed by atoms with Gasteiger partial charge in [0.05, 0.1) is 42.8 Å². The van der Waals surface area contributed by atoms with Gasteiger partial charge in [-0.25, -0.2) is 19.6 Å². The van der Waals surface area contributed by atoms with E-state index in [1.165, 1.54) is 90.1 Å². The van der Waals surface area contributed by atoms with Crippen LogP contribution in [0.2, 0.25) is 0 Å². The molecule has 1 fully saturated rings. The van der Waals surface area contributed by atoms with Crippen molar-refractivity contribution in [1.29, 1.82) is 0 Å². The molecular formula is C49H58N12O13. The highest BCUT2D eigenvalue weighted by Crippen LogP contribution is 2.56. The summed E-state index contributed by atoms with van der Waals surface area (Å²) >= 11 is 0. The number of rotatable bonds is 3. The predicted octanol–water partition coefficient (Wildman–Crippen LogP) is -1.30. The van der Waals surface area contributed by atoms with E-state index < -0.39 is 86.9 Å². The number of phenolic OH excluding ortho intramolecular Hbond substituents is 1. The molecule has 1 aliphatic heterocycles. The number of phenols is 1. The molecule has 0 saturated heterocycles. The highest BCUT2D eigenvalue weighted by molar-refractivity contribution is 6.24. The number of aryl methyl sites for hydroxylation is 4. The van der Waals surface area contributed by atoms with Crippen LogP contribution in [0.3, 0.4) is 0 Å². The summed E-state index contributed by atoms with van der Waals surface area (Å²) in [6, 6.07) is 11.9. The zero-order valence-corrected chi connectivity index (χ0v) is 41.4. The maximum absolute atomic E-state index is 13.7. The molecule has 392 valence electrons. The second-order valence-corrected chi connectivity index (χ2v) is 18.8. The van der Waals surface area contributed by atoms with Gasteiger partial charge in [0.25, 0.3) is 17.0 Å². The van der Waals surface area contributed by atoms with Crippen LogP contribution < -0.4 is 33.5 Å². The number of aliphatic hydroxyl groups excluding tert-OH is 3. The number of hydrogen-bond acceptors (Lipinski definition) is 17. The number of amides is 1. The lowest BCUT2D eigenvalue weighted by molar-refractivity contribution is -0.169. The van der Waals surface area contributed by atoms with E-state index in [1.807, 2.05) is 0 Å². The lowest BCUT2D eigenvalue weighted by Crippen LogP contribution is -2.70. The number of imidazole rings is 2. The quantitative estimate of drug-likeness (QED) is 0.0931. The normalized spacial score (nSPS) is 23.6. The van der Waals surface area contributed by atoms with Gasteiger partial charge in [-0.3, -0.25) is 52.6 Å². The zero-order chi connectivity index (χ0) is 53.1. The molecule has 5 aliphatic rings. The van der Waals surface area contributed by atoms with Gasteiger partial charge < -0.3 is 51.6 Å². The van der Waals surface area contributed by atoms with Crippen molar-refractivity contribution in [1.82, 2.24) is 48.4 Å². The number of ketones is 2. The van der Waals surface area contributed by atoms with Gasteiger partial charge >= 0.3 is 11.4 Å². The van der Waals surface area contributed by atoms with Crippen molar-refractivity contribution in [3.63, 3.8) is 0 Å². The first kappa shape index (κ1) is 53.5. The highest BCUT2D eigenvalue weighted by Gasteiger charge is 2.68. The SMILES string of the molecule is C[C@H]1c2cccc(O)c2C(O)=C2C(=O)[C@]3(O)C(O)=C(C(N)=O)C(=O)[C@@H](N(C)C)[C@@H]3[C@@H](O)[C@@H]21.Cn1c(=O)c2[nH]cnc2n(C)c1=O.Cn1cnc2c1c(=O)[nH]c(=O)n2C.O.c1ccc2c(c1)CCCC2C1=NCCN1. The molecule has 1 unspecified atom stereocenters. The van der Waals surface area contributed by atoms with Crippen molar-refractivity contribution in [3.8, 4) is 5.75 Å². The summed E-state index contributed by atoms with van der Waals surface area (Å²) in [4.78, 5) is 102. The number of benzene rings is 2. The Morgan fingerprint density at radius 1 is 0.905 bits per heavy atom. The lowest BCUT2D eigenvalue weighted by atomic mass is 9.54. The Hall–Kier alpha value is -8.26. The van der Waals surface area contributed by atoms with Crippen LogP contribution in [0.25, 0.3) is 28.1 Å². The first-order chi connectivity index (χ1) is 34.6. The Balaban J connectivity index is 0.000000158. The Morgan fingerprint density at radius 3 is 2.26 bits per heavy atom. The van der Waals surface area contributed by atoms with Gasteiger partial charge in [-0.15, -0.1) is 0 Å². The van der Waals surface area contributed by atoms with Crippen LogP contribution in [0.4, 0.5) is 0 Å². The minimum absolute atomic E-state index is 0. The molecule has 25 nitrogen and oxygen atoms in total. The molecule has 5 heterocycles. The van der Waals surface area contributed by atoms with Crippen molar-refractivity contribution in [2.75, 3.05) is 27.2 Å². The number of aromatic nitrogens is 8. The number of aliphatic imine (C=N–C) groups is 1. The molecule has 6 aromatic rings. The minimum atomic E-state index is -2.89. The third-order valence-electron chi connectivity index (χ3n) is 14.4. The molecule has 74 heavy (non-hydrogen) atoms. The van der Waals surface area contributed by atoms with Gasteiger partial charge in [0.1, 0.15) is 34.2 Å². The van der Waals surface area contributed by atoms with E-state index in [1.54, 1.807) is 44.8 Å². The van der Waals surface area contributed by atoms with Crippen molar-refractivity contribution in [2.24, 2.45) is 50.8 Å². The number of Topliss-reactive ketones (excluding diaryl/α,β-unsaturated/α-hetero) is 2. The van der Waals surface area contributed by atoms with E-state index in [4.69, 9.17) is 5.73 Å². The van der Waals surface area contributed by atoms with Gasteiger partial charge in [0.2, 0.25) is 5.78 Å². The number of hydrogen-bond donors (Lipinski definition) is 9. The van der Waals surface area contributed by atoms with Crippen molar-refractivity contribution < 1.29 is 45.4 Å². The average Bonchev–Trinajstić information content (AvgIpc) is 4.16. The number of primary amides is 1. The van der Waals surface area contributed by atoms with Crippen LogP contribution in [0.1, 0.15) is 53.9 Å². The number of fused-ring (bicyclic) bond motifs is 6. The van der Waals surface area contributed by atoms with E-state index in [9.17, 15) is 59.1 Å². The molecule has 4 aliphatic carbocycles. The van der Waals surface area contributed by atoms with Crippen LogP contribution in [0.15, 0.2) is 96.2 Å². The average molecular weight is 1020 g/mol. The Morgan fingerprint density at radius 2 is 1.59 bits per heavy atom. The van der Waals surface area contributed by atoms with Crippen LogP contribution >= 0.6 is 0 Å². The van der Waals surface area contributed by atoms with Gasteiger partial charge in [-0.1, -0.05) is 43.3 Å². The topological polar surface area (TPSA) is 383 Å². The molecule has 2 aromatic carbocycles. The van der Waals surface area contributed by atoms with Gasteiger partial charge in [-0.2, -0.15) is 0 Å². The largest absolute Gasteiger partial charge is 0.508 e. The van der Waals surface area contributed by atoms with E-state index in [2.05, 4.69) is 54.5 Å². The standard InChI is InChI=1S/C22H24N2O8.C13H16N2.2C7H8N4O2.H2O/c1-7-8-5-4-6-9(25)11(8)16(26)12-10(7)17(27)14-15(24(2)3)18(28)13(21(23)31)20(30)22(14,32)19(12)29;1-2-6-11-10(4-1)5-3-7-12(11)13-14-8-9-15-13;1-10-3-8-5-4(10)6(12)9-7(13)11(5)2;1-10-5-4(8-3-9-5)6(12)11(2)7(10)13;/h4-7,10,14-15,17,25-27,30,32H,1-3H3,(H2,23,31);1-2,4,6,12H,3,5,7-9H2,(H,14,15);3H,1-2H3,(H,9,12,13);3H,1-2H3,(H,8,9);1H2/t7-,10+,14+,15-,17-,22-;;;;/m0..../s1. The molecule has 0 bridgehead atoms. The number of nitrogens with two attached hydrogens (primary N) is 1. The molecule has 0 radical (unpaired) electrons. The summed E-state index contributed by atoms with van der Waals surface area (Å²) < 4.78 is 5.25. The number of aromatic hydroxyl groups is 1. The third kappa shape index (κ3) is 8.61. The number of amidine groups is 1. The summed E-state index contributed by atoms with van der Waals surface area (Å²) in [5.41, 5.74) is 4.45. The number of H-pyrrole nitrogens is 2. The van der Waals surface area contributed by atoms with Gasteiger partial charge in [-0.05, 0) is 62.0 Å². The van der Waals surface area contributed by atoms with Crippen molar-refractivity contribution >= 4 is 51.4 Å². The maximum atomic E-state index is 13.7. The molecule has 4 aromatic heterocycles. The smallest absolute Gasteiger partial charge is 0.332 e. The summed E-state index contributed by atoms with van der Waals surface area (Å²) in [6.45, 7) is 3.65. The second kappa shape index (κ2) is 20.3. The molecule has 7 atom stereocenters. The number of carbonyl (C=O) groups excluding carboxylic acids is 3. The molecule has 1 saturated carbocycles. The summed E-state index contributed by atoms with van der Waals surface area (Å²) in [7, 11) is 9.20. The fourth-order valence-corrected chi connectivity index (χ4v) is 10.8. The number of likely N-dealkylation sites (N-methyl/N-ethyl adjacent to an activating group) is 1. The second-order valence-electron chi connectivity index (χ2n) is 18.8. The number of aromatic amines is 2. The Kier molecular flexibility index (Phi) is 14.7. The van der Waals surface area contributed by atoms with E-state index in [0.717, 1.165) is 17.7 Å². The van der Waals surface area contributed by atoms with Crippen LogP contribution in [-0.4, -0.2) is 142 Å². The number of carbonyl (C=O) groups is 3. The van der Waals surface area contributed by atoms with Gasteiger partial charge in [0.15, 0.2) is 28.2 Å². The van der Waals surface area contributed by atoms with E-state index in [0.29, 0.717) is 33.8 Å².